The molecule has 23 heavy (non-hydrogen) atoms. The first kappa shape index (κ1) is 14.7. The molecule has 122 valence electrons. The average Bonchev–Trinajstić information content (AvgIpc) is 3.34. The summed E-state index contributed by atoms with van der Waals surface area (Å²) in [6.45, 7) is 3.68. The fourth-order valence-corrected chi connectivity index (χ4v) is 3.18. The number of aromatic nitrogens is 2. The van der Waals surface area contributed by atoms with Crippen LogP contribution in [0.1, 0.15) is 43.4 Å². The van der Waals surface area contributed by atoms with Gasteiger partial charge in [-0.25, -0.2) is 0 Å². The molecule has 5 heteroatoms. The van der Waals surface area contributed by atoms with Gasteiger partial charge in [0.2, 0.25) is 11.8 Å². The van der Waals surface area contributed by atoms with Gasteiger partial charge in [0, 0.05) is 18.4 Å². The van der Waals surface area contributed by atoms with Gasteiger partial charge in [-0.15, -0.1) is 10.2 Å². The van der Waals surface area contributed by atoms with Crippen LogP contribution in [-0.4, -0.2) is 34.8 Å². The summed E-state index contributed by atoms with van der Waals surface area (Å²) < 4.78 is 11.7. The molecule has 1 aliphatic carbocycles. The second-order valence-corrected chi connectivity index (χ2v) is 6.68. The third-order valence-electron chi connectivity index (χ3n) is 4.60. The summed E-state index contributed by atoms with van der Waals surface area (Å²) in [5, 5.41) is 8.37. The van der Waals surface area contributed by atoms with Gasteiger partial charge in [0.1, 0.15) is 5.75 Å². The molecule has 5 nitrogen and oxygen atoms in total. The monoisotopic (exact) mass is 313 g/mol. The zero-order valence-corrected chi connectivity index (χ0v) is 13.4. The normalized spacial score (nSPS) is 22.2. The Morgan fingerprint density at radius 2 is 2.00 bits per heavy atom. The van der Waals surface area contributed by atoms with E-state index >= 15 is 0 Å². The summed E-state index contributed by atoms with van der Waals surface area (Å²) in [4.78, 5) is 2.41. The van der Waals surface area contributed by atoms with E-state index in [0.29, 0.717) is 11.8 Å². The topological polar surface area (TPSA) is 51.4 Å². The maximum Gasteiger partial charge on any atom is 0.230 e. The number of nitrogens with zero attached hydrogens (tertiary/aromatic N) is 3. The van der Waals surface area contributed by atoms with E-state index in [1.165, 1.54) is 25.7 Å². The Balaban J connectivity index is 1.28. The number of hydrogen-bond acceptors (Lipinski definition) is 5. The molecule has 2 fully saturated rings. The van der Waals surface area contributed by atoms with Crippen LogP contribution in [0.25, 0.3) is 0 Å². The lowest BCUT2D eigenvalue weighted by molar-refractivity contribution is 0.117. The van der Waals surface area contributed by atoms with Crippen LogP contribution in [0.3, 0.4) is 0 Å². The van der Waals surface area contributed by atoms with Gasteiger partial charge >= 0.3 is 0 Å². The zero-order valence-electron chi connectivity index (χ0n) is 13.4. The van der Waals surface area contributed by atoms with Crippen LogP contribution in [0.5, 0.6) is 5.75 Å². The van der Waals surface area contributed by atoms with E-state index in [1.54, 1.807) is 0 Å². The Morgan fingerprint density at radius 3 is 2.83 bits per heavy atom. The minimum Gasteiger partial charge on any atom is -0.493 e. The SMILES string of the molecule is c1ccc(OC[C@@H]2CCCN(Cc3nnc(C4CC4)o3)C2)cc1. The van der Waals surface area contributed by atoms with Crippen molar-refractivity contribution in [1.29, 1.82) is 0 Å². The molecule has 0 N–H and O–H groups in total. The predicted octanol–water partition coefficient (Wildman–Crippen LogP) is 3.24. The van der Waals surface area contributed by atoms with E-state index in [9.17, 15) is 0 Å². The molecule has 1 aliphatic heterocycles. The molecule has 0 radical (unpaired) electrons. The van der Waals surface area contributed by atoms with E-state index in [-0.39, 0.29) is 0 Å². The van der Waals surface area contributed by atoms with Crippen LogP contribution in [0, 0.1) is 5.92 Å². The Morgan fingerprint density at radius 1 is 1.13 bits per heavy atom. The first-order valence-corrected chi connectivity index (χ1v) is 8.59. The largest absolute Gasteiger partial charge is 0.493 e. The average molecular weight is 313 g/mol. The fourth-order valence-electron chi connectivity index (χ4n) is 3.18. The Kier molecular flexibility index (Phi) is 4.28. The van der Waals surface area contributed by atoms with Gasteiger partial charge < -0.3 is 9.15 Å². The Bertz CT molecular complexity index is 624. The van der Waals surface area contributed by atoms with Crippen molar-refractivity contribution in [2.24, 2.45) is 5.92 Å². The summed E-state index contributed by atoms with van der Waals surface area (Å²) >= 11 is 0. The molecule has 2 aliphatic rings. The highest BCUT2D eigenvalue weighted by molar-refractivity contribution is 5.20. The number of benzene rings is 1. The third-order valence-corrected chi connectivity index (χ3v) is 4.60. The lowest BCUT2D eigenvalue weighted by Gasteiger charge is -2.31. The highest BCUT2D eigenvalue weighted by Gasteiger charge is 2.30. The molecule has 1 aromatic heterocycles. The maximum absolute atomic E-state index is 5.91. The number of ether oxygens (including phenoxy) is 1. The van der Waals surface area contributed by atoms with Gasteiger partial charge in [-0.05, 0) is 44.4 Å². The molecule has 1 aromatic carbocycles. The minimum atomic E-state index is 0.532. The molecule has 1 saturated carbocycles. The van der Waals surface area contributed by atoms with Gasteiger partial charge in [-0.3, -0.25) is 4.90 Å². The Labute approximate surface area is 136 Å². The minimum absolute atomic E-state index is 0.532. The summed E-state index contributed by atoms with van der Waals surface area (Å²) in [7, 11) is 0. The van der Waals surface area contributed by atoms with Gasteiger partial charge in [0.15, 0.2) is 0 Å². The smallest absolute Gasteiger partial charge is 0.230 e. The molecular formula is C18H23N3O2. The second-order valence-electron chi connectivity index (χ2n) is 6.68. The predicted molar refractivity (Wildman–Crippen MR) is 86.2 cm³/mol. The number of hydrogen-bond donors (Lipinski definition) is 0. The van der Waals surface area contributed by atoms with E-state index < -0.39 is 0 Å². The van der Waals surface area contributed by atoms with Crippen molar-refractivity contribution < 1.29 is 9.15 Å². The van der Waals surface area contributed by atoms with Crippen molar-refractivity contribution in [1.82, 2.24) is 15.1 Å². The fraction of sp³-hybridized carbons (Fsp3) is 0.556. The lowest BCUT2D eigenvalue weighted by atomic mass is 9.99. The van der Waals surface area contributed by atoms with Crippen molar-refractivity contribution >= 4 is 0 Å². The maximum atomic E-state index is 5.91. The third kappa shape index (κ3) is 3.91. The molecule has 1 atom stereocenters. The van der Waals surface area contributed by atoms with Gasteiger partial charge in [0.25, 0.3) is 0 Å². The molecule has 1 saturated heterocycles. The van der Waals surface area contributed by atoms with Crippen LogP contribution in [0.15, 0.2) is 34.7 Å². The number of para-hydroxylation sites is 1. The summed E-state index contributed by atoms with van der Waals surface area (Å²) in [6.07, 6.45) is 4.82. The van der Waals surface area contributed by atoms with Crippen LogP contribution in [0.2, 0.25) is 0 Å². The first-order chi connectivity index (χ1) is 11.4. The van der Waals surface area contributed by atoms with Crippen molar-refractivity contribution in [2.75, 3.05) is 19.7 Å². The van der Waals surface area contributed by atoms with E-state index in [2.05, 4.69) is 15.1 Å². The number of likely N-dealkylation sites (tertiary alicyclic amines) is 1. The molecule has 0 unspecified atom stereocenters. The quantitative estimate of drug-likeness (QED) is 0.819. The summed E-state index contributed by atoms with van der Waals surface area (Å²) in [6, 6.07) is 10.1. The van der Waals surface area contributed by atoms with E-state index in [1.807, 2.05) is 30.3 Å². The summed E-state index contributed by atoms with van der Waals surface area (Å²) in [5.74, 6) is 3.65. The molecule has 0 amide bonds. The van der Waals surface area contributed by atoms with Crippen LogP contribution >= 0.6 is 0 Å². The standard InChI is InChI=1S/C18H23N3O2/c1-2-6-16(7-3-1)22-13-14-5-4-10-21(11-14)12-17-19-20-18(23-17)15-8-9-15/h1-3,6-7,14-15H,4-5,8-13H2/t14-/m1/s1. The van der Waals surface area contributed by atoms with Gasteiger partial charge in [-0.2, -0.15) is 0 Å². The highest BCUT2D eigenvalue weighted by atomic mass is 16.5. The van der Waals surface area contributed by atoms with Crippen molar-refractivity contribution in [3.8, 4) is 5.75 Å². The van der Waals surface area contributed by atoms with Crippen LogP contribution in [0.4, 0.5) is 0 Å². The number of rotatable bonds is 6. The molecular weight excluding hydrogens is 290 g/mol. The molecule has 0 bridgehead atoms. The Hall–Kier alpha value is -1.88. The second kappa shape index (κ2) is 6.71. The molecule has 2 aromatic rings. The van der Waals surface area contributed by atoms with Crippen molar-refractivity contribution in [3.05, 3.63) is 42.1 Å². The van der Waals surface area contributed by atoms with Crippen LogP contribution < -0.4 is 4.74 Å². The number of piperidine rings is 1. The first-order valence-electron chi connectivity index (χ1n) is 8.59. The van der Waals surface area contributed by atoms with Gasteiger partial charge in [-0.1, -0.05) is 18.2 Å². The summed E-state index contributed by atoms with van der Waals surface area (Å²) in [5.41, 5.74) is 0. The van der Waals surface area contributed by atoms with E-state index in [0.717, 1.165) is 43.8 Å². The van der Waals surface area contributed by atoms with Crippen molar-refractivity contribution in [2.45, 2.75) is 38.1 Å². The molecule has 4 rings (SSSR count). The zero-order chi connectivity index (χ0) is 15.5. The van der Waals surface area contributed by atoms with Crippen LogP contribution in [-0.2, 0) is 6.54 Å². The van der Waals surface area contributed by atoms with E-state index in [4.69, 9.17) is 9.15 Å². The van der Waals surface area contributed by atoms with Crippen molar-refractivity contribution in [3.63, 3.8) is 0 Å². The molecule has 2 heterocycles. The van der Waals surface area contributed by atoms with Gasteiger partial charge in [0.05, 0.1) is 13.2 Å². The molecule has 0 spiro atoms. The highest BCUT2D eigenvalue weighted by Crippen LogP contribution is 2.39. The lowest BCUT2D eigenvalue weighted by Crippen LogP contribution is -2.37.